The lowest BCUT2D eigenvalue weighted by atomic mass is 10.4. The van der Waals surface area contributed by atoms with E-state index in [1.165, 1.54) is 24.6 Å². The molecule has 1 aliphatic carbocycles. The van der Waals surface area contributed by atoms with Gasteiger partial charge in [-0.05, 0) is 29.2 Å². The van der Waals surface area contributed by atoms with E-state index in [2.05, 4.69) is 20.8 Å². The monoisotopic (exact) mass is 256 g/mol. The topological polar surface area (TPSA) is 98.7 Å². The minimum Gasteiger partial charge on any atom is -0.355 e. The van der Waals surface area contributed by atoms with E-state index in [1.54, 1.807) is 4.68 Å². The molecule has 1 heterocycles. The van der Waals surface area contributed by atoms with Crippen LogP contribution in [0.25, 0.3) is 0 Å². The fourth-order valence-corrected chi connectivity index (χ4v) is 2.06. The summed E-state index contributed by atoms with van der Waals surface area (Å²) >= 11 is 1.33. The summed E-state index contributed by atoms with van der Waals surface area (Å²) in [6.07, 6.45) is 2.48. The van der Waals surface area contributed by atoms with Crippen LogP contribution in [-0.2, 0) is 11.3 Å². The predicted molar refractivity (Wildman–Crippen MR) is 63.3 cm³/mol. The molecule has 0 bridgehead atoms. The van der Waals surface area contributed by atoms with Gasteiger partial charge in [0.1, 0.15) is 0 Å². The normalized spacial score (nSPS) is 14.9. The minimum absolute atomic E-state index is 0.0317. The van der Waals surface area contributed by atoms with Crippen LogP contribution >= 0.6 is 11.8 Å². The highest BCUT2D eigenvalue weighted by Crippen LogP contribution is 2.27. The Morgan fingerprint density at radius 2 is 2.41 bits per heavy atom. The van der Waals surface area contributed by atoms with Crippen LogP contribution < -0.4 is 11.1 Å². The van der Waals surface area contributed by atoms with Crippen molar-refractivity contribution in [1.82, 2.24) is 25.5 Å². The van der Waals surface area contributed by atoms with Crippen LogP contribution in [0.3, 0.4) is 0 Å². The standard InChI is InChI=1S/C9H16N6OS/c10-3-4-15-9(12-13-14-15)17-6-8(16)11-5-7-1-2-7/h7H,1-6,10H2,(H,11,16). The lowest BCUT2D eigenvalue weighted by Gasteiger charge is -2.04. The molecule has 0 aromatic carbocycles. The number of thioether (sulfide) groups is 1. The van der Waals surface area contributed by atoms with Crippen LogP contribution in [0.2, 0.25) is 0 Å². The summed E-state index contributed by atoms with van der Waals surface area (Å²) in [6.45, 7) is 1.85. The molecule has 7 nitrogen and oxygen atoms in total. The molecular formula is C9H16N6OS. The highest BCUT2D eigenvalue weighted by atomic mass is 32.2. The summed E-state index contributed by atoms with van der Waals surface area (Å²) in [4.78, 5) is 11.5. The number of nitrogens with zero attached hydrogens (tertiary/aromatic N) is 4. The Hall–Kier alpha value is -1.15. The van der Waals surface area contributed by atoms with Gasteiger partial charge in [0.2, 0.25) is 11.1 Å². The van der Waals surface area contributed by atoms with Gasteiger partial charge in [0.15, 0.2) is 0 Å². The minimum atomic E-state index is 0.0317. The molecule has 0 aliphatic heterocycles. The van der Waals surface area contributed by atoms with Crippen molar-refractivity contribution < 1.29 is 4.79 Å². The van der Waals surface area contributed by atoms with Gasteiger partial charge in [-0.1, -0.05) is 11.8 Å². The van der Waals surface area contributed by atoms with Crippen LogP contribution in [0.5, 0.6) is 0 Å². The molecule has 1 aliphatic rings. The number of hydrogen-bond donors (Lipinski definition) is 2. The van der Waals surface area contributed by atoms with Gasteiger partial charge in [-0.3, -0.25) is 4.79 Å². The maximum atomic E-state index is 11.5. The van der Waals surface area contributed by atoms with E-state index in [-0.39, 0.29) is 5.91 Å². The molecule has 1 amide bonds. The molecule has 0 radical (unpaired) electrons. The molecule has 17 heavy (non-hydrogen) atoms. The first kappa shape index (κ1) is 12.3. The third-order valence-electron chi connectivity index (χ3n) is 2.46. The number of nitrogens with one attached hydrogen (secondary N) is 1. The van der Waals surface area contributed by atoms with E-state index in [4.69, 9.17) is 5.73 Å². The van der Waals surface area contributed by atoms with Crippen LogP contribution in [0.1, 0.15) is 12.8 Å². The molecule has 1 aromatic heterocycles. The van der Waals surface area contributed by atoms with Crippen molar-refractivity contribution in [2.75, 3.05) is 18.8 Å². The maximum Gasteiger partial charge on any atom is 0.230 e. The van der Waals surface area contributed by atoms with Crippen molar-refractivity contribution in [2.24, 2.45) is 11.7 Å². The number of nitrogens with two attached hydrogens (primary N) is 1. The zero-order valence-corrected chi connectivity index (χ0v) is 10.3. The van der Waals surface area contributed by atoms with Gasteiger partial charge in [0.05, 0.1) is 12.3 Å². The van der Waals surface area contributed by atoms with Crippen LogP contribution in [-0.4, -0.2) is 45.0 Å². The lowest BCUT2D eigenvalue weighted by molar-refractivity contribution is -0.118. The molecule has 0 spiro atoms. The number of carbonyl (C=O) groups is 1. The van der Waals surface area contributed by atoms with Crippen LogP contribution in [0.4, 0.5) is 0 Å². The van der Waals surface area contributed by atoms with Crippen molar-refractivity contribution in [3.05, 3.63) is 0 Å². The molecule has 1 aromatic rings. The van der Waals surface area contributed by atoms with Gasteiger partial charge in [0.25, 0.3) is 0 Å². The van der Waals surface area contributed by atoms with Crippen LogP contribution in [0, 0.1) is 5.92 Å². The van der Waals surface area contributed by atoms with Crippen molar-refractivity contribution in [3.8, 4) is 0 Å². The Morgan fingerprint density at radius 3 is 3.12 bits per heavy atom. The highest BCUT2D eigenvalue weighted by Gasteiger charge is 2.21. The summed E-state index contributed by atoms with van der Waals surface area (Å²) in [7, 11) is 0. The molecule has 8 heteroatoms. The van der Waals surface area contributed by atoms with Crippen molar-refractivity contribution >= 4 is 17.7 Å². The Labute approximate surface area is 104 Å². The summed E-state index contributed by atoms with van der Waals surface area (Å²) in [5.74, 6) is 1.08. The van der Waals surface area contributed by atoms with Gasteiger partial charge in [-0.2, -0.15) is 0 Å². The molecular weight excluding hydrogens is 240 g/mol. The van der Waals surface area contributed by atoms with Gasteiger partial charge < -0.3 is 11.1 Å². The first-order valence-corrected chi connectivity index (χ1v) is 6.64. The highest BCUT2D eigenvalue weighted by molar-refractivity contribution is 7.99. The average Bonchev–Trinajstić information content (AvgIpc) is 3.05. The Morgan fingerprint density at radius 1 is 1.59 bits per heavy atom. The zero-order valence-electron chi connectivity index (χ0n) is 9.50. The lowest BCUT2D eigenvalue weighted by Crippen LogP contribution is -2.27. The summed E-state index contributed by atoms with van der Waals surface area (Å²) in [5.41, 5.74) is 5.43. The molecule has 1 saturated carbocycles. The van der Waals surface area contributed by atoms with E-state index < -0.39 is 0 Å². The molecule has 2 rings (SSSR count). The SMILES string of the molecule is NCCn1nnnc1SCC(=O)NCC1CC1. The molecule has 0 atom stereocenters. The fraction of sp³-hybridized carbons (Fsp3) is 0.778. The number of amides is 1. The summed E-state index contributed by atoms with van der Waals surface area (Å²) < 4.78 is 1.61. The second-order valence-corrected chi connectivity index (χ2v) is 4.95. The fourth-order valence-electron chi connectivity index (χ4n) is 1.32. The van der Waals surface area contributed by atoms with E-state index in [0.717, 1.165) is 6.54 Å². The van der Waals surface area contributed by atoms with Crippen molar-refractivity contribution in [1.29, 1.82) is 0 Å². The number of tetrazole rings is 1. The van der Waals surface area contributed by atoms with Crippen molar-refractivity contribution in [2.45, 2.75) is 24.5 Å². The second-order valence-electron chi connectivity index (χ2n) is 4.01. The molecule has 0 saturated heterocycles. The Balaban J connectivity index is 1.71. The maximum absolute atomic E-state index is 11.5. The number of aromatic nitrogens is 4. The molecule has 3 N–H and O–H groups in total. The van der Waals surface area contributed by atoms with Gasteiger partial charge in [-0.15, -0.1) is 5.10 Å². The van der Waals surface area contributed by atoms with Gasteiger partial charge >= 0.3 is 0 Å². The number of hydrogen-bond acceptors (Lipinski definition) is 6. The van der Waals surface area contributed by atoms with E-state index in [1.807, 2.05) is 0 Å². The van der Waals surface area contributed by atoms with E-state index in [9.17, 15) is 4.79 Å². The average molecular weight is 256 g/mol. The van der Waals surface area contributed by atoms with E-state index in [0.29, 0.717) is 29.9 Å². The number of carbonyl (C=O) groups excluding carboxylic acids is 1. The largest absolute Gasteiger partial charge is 0.355 e. The van der Waals surface area contributed by atoms with Crippen LogP contribution in [0.15, 0.2) is 5.16 Å². The second kappa shape index (κ2) is 5.97. The zero-order chi connectivity index (χ0) is 12.1. The smallest absolute Gasteiger partial charge is 0.230 e. The molecule has 1 fully saturated rings. The molecule has 0 unspecified atom stereocenters. The number of rotatable bonds is 7. The van der Waals surface area contributed by atoms with Gasteiger partial charge in [-0.25, -0.2) is 4.68 Å². The van der Waals surface area contributed by atoms with Gasteiger partial charge in [0, 0.05) is 13.1 Å². The summed E-state index contributed by atoms with van der Waals surface area (Å²) in [6, 6.07) is 0. The third-order valence-corrected chi connectivity index (χ3v) is 3.41. The van der Waals surface area contributed by atoms with Crippen molar-refractivity contribution in [3.63, 3.8) is 0 Å². The third kappa shape index (κ3) is 3.97. The molecule has 94 valence electrons. The Kier molecular flexibility index (Phi) is 4.32. The predicted octanol–water partition coefficient (Wildman–Crippen LogP) is -0.750. The quantitative estimate of drug-likeness (QED) is 0.623. The Bertz CT molecular complexity index is 377. The first-order valence-electron chi connectivity index (χ1n) is 5.65. The van der Waals surface area contributed by atoms with E-state index >= 15 is 0 Å². The first-order chi connectivity index (χ1) is 8.29. The summed E-state index contributed by atoms with van der Waals surface area (Å²) in [5, 5.41) is 14.7.